The third kappa shape index (κ3) is 3.96. The Balaban J connectivity index is 1.62. The van der Waals surface area contributed by atoms with Gasteiger partial charge in [-0.3, -0.25) is 4.79 Å². The van der Waals surface area contributed by atoms with Gasteiger partial charge in [-0.05, 0) is 45.2 Å². The Bertz CT molecular complexity index is 1050. The molecule has 0 unspecified atom stereocenters. The first kappa shape index (κ1) is 21.8. The summed E-state index contributed by atoms with van der Waals surface area (Å²) in [7, 11) is -1.97. The first-order chi connectivity index (χ1) is 14.8. The molecule has 2 aromatic heterocycles. The van der Waals surface area contributed by atoms with Crippen LogP contribution in [0, 0.1) is 13.8 Å². The summed E-state index contributed by atoms with van der Waals surface area (Å²) in [6.45, 7) is 6.86. The van der Waals surface area contributed by atoms with E-state index >= 15 is 0 Å². The average Bonchev–Trinajstić information content (AvgIpc) is 3.04. The zero-order valence-electron chi connectivity index (χ0n) is 18.5. The second-order valence-corrected chi connectivity index (χ2v) is 10.2. The normalized spacial score (nSPS) is 18.4. The van der Waals surface area contributed by atoms with Gasteiger partial charge in [0.1, 0.15) is 10.7 Å². The van der Waals surface area contributed by atoms with Gasteiger partial charge in [-0.15, -0.1) is 0 Å². The Morgan fingerprint density at radius 3 is 2.23 bits per heavy atom. The molecule has 0 aromatic carbocycles. The van der Waals surface area contributed by atoms with Crippen molar-refractivity contribution in [3.8, 4) is 0 Å². The van der Waals surface area contributed by atoms with Crippen LogP contribution in [0.25, 0.3) is 0 Å². The maximum absolute atomic E-state index is 13.7. The number of anilines is 1. The second kappa shape index (κ2) is 8.63. The van der Waals surface area contributed by atoms with Crippen LogP contribution in [0.15, 0.2) is 29.3 Å². The predicted octanol–water partition coefficient (Wildman–Crippen LogP) is 2.17. The van der Waals surface area contributed by atoms with Crippen molar-refractivity contribution in [2.75, 3.05) is 44.2 Å². The Labute approximate surface area is 184 Å². The van der Waals surface area contributed by atoms with Crippen molar-refractivity contribution in [1.29, 1.82) is 0 Å². The fraction of sp³-hybridized carbons (Fsp3) is 0.545. The van der Waals surface area contributed by atoms with Crippen LogP contribution < -0.4 is 4.90 Å². The lowest BCUT2D eigenvalue weighted by molar-refractivity contribution is 0.0719. The number of piperazine rings is 1. The molecule has 2 fully saturated rings. The molecule has 0 atom stereocenters. The van der Waals surface area contributed by atoms with Crippen LogP contribution in [0.4, 0.5) is 5.82 Å². The number of nitrogens with zero attached hydrogens (tertiary/aromatic N) is 5. The highest BCUT2D eigenvalue weighted by molar-refractivity contribution is 7.89. The number of aromatic nitrogens is 2. The fourth-order valence-electron chi connectivity index (χ4n) is 4.57. The van der Waals surface area contributed by atoms with Gasteiger partial charge in [0.2, 0.25) is 10.0 Å². The minimum Gasteiger partial charge on any atom is -0.354 e. The van der Waals surface area contributed by atoms with Gasteiger partial charge in [0.25, 0.3) is 5.91 Å². The van der Waals surface area contributed by atoms with Gasteiger partial charge in [-0.25, -0.2) is 13.4 Å². The Hall–Kier alpha value is -2.39. The monoisotopic (exact) mass is 445 g/mol. The average molecular weight is 446 g/mol. The van der Waals surface area contributed by atoms with Crippen LogP contribution in [-0.4, -0.2) is 72.3 Å². The van der Waals surface area contributed by atoms with E-state index in [9.17, 15) is 13.2 Å². The van der Waals surface area contributed by atoms with Crippen LogP contribution in [0.1, 0.15) is 41.0 Å². The summed E-state index contributed by atoms with van der Waals surface area (Å²) < 4.78 is 30.8. The van der Waals surface area contributed by atoms with Gasteiger partial charge in [-0.1, -0.05) is 6.07 Å². The maximum Gasteiger partial charge on any atom is 0.257 e. The van der Waals surface area contributed by atoms with Gasteiger partial charge >= 0.3 is 0 Å². The fourth-order valence-corrected chi connectivity index (χ4v) is 6.47. The van der Waals surface area contributed by atoms with Gasteiger partial charge in [-0.2, -0.15) is 4.31 Å². The summed E-state index contributed by atoms with van der Waals surface area (Å²) in [6.07, 6.45) is 4.79. The zero-order chi connectivity index (χ0) is 22.2. The Morgan fingerprint density at radius 2 is 1.61 bits per heavy atom. The second-order valence-electron chi connectivity index (χ2n) is 8.37. The lowest BCUT2D eigenvalue weighted by Crippen LogP contribution is -2.49. The Kier molecular flexibility index (Phi) is 6.07. The molecule has 168 valence electrons. The molecule has 0 aliphatic carbocycles. The van der Waals surface area contributed by atoms with E-state index in [4.69, 9.17) is 0 Å². The summed E-state index contributed by atoms with van der Waals surface area (Å²) in [5, 5.41) is 0. The number of amides is 1. The van der Waals surface area contributed by atoms with Crippen molar-refractivity contribution in [3.05, 3.63) is 41.3 Å². The van der Waals surface area contributed by atoms with Crippen molar-refractivity contribution < 1.29 is 13.2 Å². The first-order valence-corrected chi connectivity index (χ1v) is 12.4. The van der Waals surface area contributed by atoms with Crippen molar-refractivity contribution in [2.45, 2.75) is 38.0 Å². The number of rotatable bonds is 4. The molecule has 31 heavy (non-hydrogen) atoms. The number of pyridine rings is 1. The molecule has 0 saturated carbocycles. The Morgan fingerprint density at radius 1 is 0.935 bits per heavy atom. The number of carbonyl (C=O) groups excluding carboxylic acids is 1. The van der Waals surface area contributed by atoms with E-state index in [1.165, 1.54) is 4.31 Å². The molecule has 4 heterocycles. The lowest BCUT2D eigenvalue weighted by atomic mass is 10.1. The van der Waals surface area contributed by atoms with Crippen LogP contribution in [0.2, 0.25) is 0 Å². The standard InChI is InChI=1S/C22H31N5O3S/c1-17-20(22(28)26-11-7-4-8-12-26)21(18(2)24(17)3)31(29,30)27-15-13-25(14-16-27)19-9-5-6-10-23-19/h5-6,9-10H,4,7-8,11-16H2,1-3H3. The van der Waals surface area contributed by atoms with Crippen molar-refractivity contribution in [2.24, 2.45) is 7.05 Å². The minimum absolute atomic E-state index is 0.161. The van der Waals surface area contributed by atoms with Crippen molar-refractivity contribution >= 4 is 21.7 Å². The van der Waals surface area contributed by atoms with E-state index in [0.29, 0.717) is 56.2 Å². The number of piperidine rings is 1. The molecule has 2 aromatic rings. The molecule has 2 aliphatic rings. The van der Waals surface area contributed by atoms with E-state index in [0.717, 1.165) is 25.1 Å². The largest absolute Gasteiger partial charge is 0.354 e. The number of hydrogen-bond donors (Lipinski definition) is 0. The number of carbonyl (C=O) groups is 1. The molecule has 0 N–H and O–H groups in total. The summed E-state index contributed by atoms with van der Waals surface area (Å²) in [4.78, 5) is 21.8. The van der Waals surface area contributed by atoms with Gasteiger partial charge in [0, 0.05) is 63.9 Å². The molecule has 8 nitrogen and oxygen atoms in total. The van der Waals surface area contributed by atoms with Crippen LogP contribution >= 0.6 is 0 Å². The molecule has 0 radical (unpaired) electrons. The van der Waals surface area contributed by atoms with E-state index in [2.05, 4.69) is 9.88 Å². The van der Waals surface area contributed by atoms with E-state index in [1.54, 1.807) is 13.1 Å². The predicted molar refractivity (Wildman–Crippen MR) is 120 cm³/mol. The van der Waals surface area contributed by atoms with Gasteiger partial charge in [0.15, 0.2) is 0 Å². The summed E-state index contributed by atoms with van der Waals surface area (Å²) in [5.74, 6) is 0.693. The number of likely N-dealkylation sites (tertiary alicyclic amines) is 1. The number of hydrogen-bond acceptors (Lipinski definition) is 5. The summed E-state index contributed by atoms with van der Waals surface area (Å²) in [6, 6.07) is 5.73. The van der Waals surface area contributed by atoms with Gasteiger partial charge in [0.05, 0.1) is 5.56 Å². The molecule has 9 heteroatoms. The highest BCUT2D eigenvalue weighted by atomic mass is 32.2. The zero-order valence-corrected chi connectivity index (χ0v) is 19.4. The third-order valence-corrected chi connectivity index (χ3v) is 8.65. The molecule has 2 saturated heterocycles. The molecular formula is C22H31N5O3S. The molecule has 1 amide bonds. The molecule has 0 bridgehead atoms. The maximum atomic E-state index is 13.7. The van der Waals surface area contributed by atoms with Crippen LogP contribution in [0.5, 0.6) is 0 Å². The highest BCUT2D eigenvalue weighted by Gasteiger charge is 2.37. The molecule has 0 spiro atoms. The van der Waals surface area contributed by atoms with Crippen LogP contribution in [0.3, 0.4) is 0 Å². The lowest BCUT2D eigenvalue weighted by Gasteiger charge is -2.35. The molecule has 4 rings (SSSR count). The van der Waals surface area contributed by atoms with Crippen molar-refractivity contribution in [3.63, 3.8) is 0 Å². The van der Waals surface area contributed by atoms with E-state index in [-0.39, 0.29) is 10.8 Å². The van der Waals surface area contributed by atoms with E-state index in [1.807, 2.05) is 41.6 Å². The van der Waals surface area contributed by atoms with Crippen molar-refractivity contribution in [1.82, 2.24) is 18.8 Å². The summed E-state index contributed by atoms with van der Waals surface area (Å²) >= 11 is 0. The van der Waals surface area contributed by atoms with Gasteiger partial charge < -0.3 is 14.4 Å². The highest BCUT2D eigenvalue weighted by Crippen LogP contribution is 2.31. The van der Waals surface area contributed by atoms with E-state index < -0.39 is 10.0 Å². The first-order valence-electron chi connectivity index (χ1n) is 10.9. The SMILES string of the molecule is Cc1c(C(=O)N2CCCCC2)c(S(=O)(=O)N2CCN(c3ccccn3)CC2)c(C)n1C. The smallest absolute Gasteiger partial charge is 0.257 e. The third-order valence-electron chi connectivity index (χ3n) is 6.59. The summed E-state index contributed by atoms with van der Waals surface area (Å²) in [5.41, 5.74) is 1.66. The van der Waals surface area contributed by atoms with Crippen LogP contribution in [-0.2, 0) is 17.1 Å². The topological polar surface area (TPSA) is 78.8 Å². The molecular weight excluding hydrogens is 414 g/mol. The molecule has 2 aliphatic heterocycles. The number of sulfonamides is 1. The minimum atomic E-state index is -3.80. The quantitative estimate of drug-likeness (QED) is 0.721.